The number of likely N-dealkylation sites (tertiary alicyclic amines) is 1. The molecule has 1 aromatic heterocycles. The van der Waals surface area contributed by atoms with Gasteiger partial charge in [0, 0.05) is 47.4 Å². The van der Waals surface area contributed by atoms with Crippen LogP contribution in [-0.4, -0.2) is 44.6 Å². The van der Waals surface area contributed by atoms with Crippen LogP contribution >= 0.6 is 11.8 Å². The Morgan fingerprint density at radius 1 is 1.08 bits per heavy atom. The van der Waals surface area contributed by atoms with Gasteiger partial charge in [-0.2, -0.15) is 0 Å². The number of carbonyl (C=O) groups excluding carboxylic acids is 1. The first-order valence-electron chi connectivity index (χ1n) is 8.96. The van der Waals surface area contributed by atoms with Crippen molar-refractivity contribution < 1.29 is 9.90 Å². The molecule has 0 saturated carbocycles. The molecule has 0 unspecified atom stereocenters. The monoisotopic (exact) mass is 366 g/mol. The van der Waals surface area contributed by atoms with Crippen molar-refractivity contribution in [2.24, 2.45) is 0 Å². The van der Waals surface area contributed by atoms with E-state index >= 15 is 0 Å². The zero-order valence-corrected chi connectivity index (χ0v) is 15.4. The van der Waals surface area contributed by atoms with Crippen LogP contribution in [0.2, 0.25) is 0 Å². The summed E-state index contributed by atoms with van der Waals surface area (Å²) in [6, 6.07) is 17.4. The van der Waals surface area contributed by atoms with Crippen LogP contribution in [0.3, 0.4) is 0 Å². The van der Waals surface area contributed by atoms with Gasteiger partial charge >= 0.3 is 0 Å². The number of thioether (sulfide) groups is 1. The highest BCUT2D eigenvalue weighted by molar-refractivity contribution is 8.14. The molecule has 0 bridgehead atoms. The second-order valence-corrected chi connectivity index (χ2v) is 7.99. The molecule has 2 heterocycles. The van der Waals surface area contributed by atoms with Crippen LogP contribution in [0, 0.1) is 0 Å². The second kappa shape index (κ2) is 7.56. The van der Waals surface area contributed by atoms with Gasteiger partial charge in [-0.05, 0) is 19.0 Å². The Balaban J connectivity index is 1.31. The number of hydrogen-bond donors (Lipinski definition) is 1. The average molecular weight is 366 g/mol. The quantitative estimate of drug-likeness (QED) is 0.741. The summed E-state index contributed by atoms with van der Waals surface area (Å²) in [5.41, 5.74) is 0.778. The van der Waals surface area contributed by atoms with E-state index in [0.29, 0.717) is 11.1 Å². The number of aromatic nitrogens is 1. The second-order valence-electron chi connectivity index (χ2n) is 6.72. The molecule has 2 aromatic carbocycles. The van der Waals surface area contributed by atoms with E-state index in [1.54, 1.807) is 0 Å². The Morgan fingerprint density at radius 3 is 2.65 bits per heavy atom. The number of aromatic hydroxyl groups is 1. The molecule has 1 N–H and O–H groups in total. The molecule has 0 amide bonds. The van der Waals surface area contributed by atoms with Crippen molar-refractivity contribution in [1.82, 2.24) is 9.47 Å². The van der Waals surface area contributed by atoms with Crippen molar-refractivity contribution >= 4 is 27.6 Å². The lowest BCUT2D eigenvalue weighted by Gasteiger charge is -2.16. The van der Waals surface area contributed by atoms with Gasteiger partial charge in [0.1, 0.15) is 0 Å². The van der Waals surface area contributed by atoms with Gasteiger partial charge in [-0.25, -0.2) is 0 Å². The zero-order valence-electron chi connectivity index (χ0n) is 14.5. The number of hydrogen-bond acceptors (Lipinski definition) is 4. The normalized spacial score (nSPS) is 17.8. The zero-order chi connectivity index (χ0) is 17.9. The maximum atomic E-state index is 12.3. The van der Waals surface area contributed by atoms with E-state index in [1.807, 2.05) is 65.4 Å². The predicted octanol–water partition coefficient (Wildman–Crippen LogP) is 3.99. The Morgan fingerprint density at radius 2 is 1.85 bits per heavy atom. The third-order valence-corrected chi connectivity index (χ3v) is 6.11. The minimum atomic E-state index is 0.159. The maximum absolute atomic E-state index is 12.3. The van der Waals surface area contributed by atoms with E-state index in [0.717, 1.165) is 48.9 Å². The molecule has 1 atom stereocenters. The Bertz CT molecular complexity index is 907. The summed E-state index contributed by atoms with van der Waals surface area (Å²) in [7, 11) is 0. The third kappa shape index (κ3) is 3.64. The molecule has 3 aromatic rings. The molecule has 5 heteroatoms. The van der Waals surface area contributed by atoms with Crippen LogP contribution in [0.25, 0.3) is 10.8 Å². The lowest BCUT2D eigenvalue weighted by atomic mass is 10.2. The molecule has 4 rings (SSSR count). The lowest BCUT2D eigenvalue weighted by molar-refractivity contribution is 0.108. The first-order valence-corrected chi connectivity index (χ1v) is 9.84. The fourth-order valence-corrected chi connectivity index (χ4v) is 4.59. The molecule has 1 aliphatic rings. The lowest BCUT2D eigenvalue weighted by Crippen LogP contribution is -2.25. The van der Waals surface area contributed by atoms with Crippen LogP contribution in [-0.2, 0) is 6.54 Å². The molecule has 0 aliphatic carbocycles. The van der Waals surface area contributed by atoms with Gasteiger partial charge in [0.2, 0.25) is 5.12 Å². The SMILES string of the molecule is O=C(S[C@H]1CCN(CCn2cc3ccccc3c2O)C1)c1ccccc1. The summed E-state index contributed by atoms with van der Waals surface area (Å²) in [6.45, 7) is 3.56. The minimum absolute atomic E-state index is 0.159. The molecular weight excluding hydrogens is 344 g/mol. The third-order valence-electron chi connectivity index (χ3n) is 4.94. The summed E-state index contributed by atoms with van der Waals surface area (Å²) in [4.78, 5) is 14.7. The first-order chi connectivity index (χ1) is 12.7. The maximum Gasteiger partial charge on any atom is 0.219 e. The topological polar surface area (TPSA) is 45.5 Å². The number of fused-ring (bicyclic) bond motifs is 1. The Kier molecular flexibility index (Phi) is 5.00. The van der Waals surface area contributed by atoms with E-state index in [9.17, 15) is 9.90 Å². The smallest absolute Gasteiger partial charge is 0.219 e. The van der Waals surface area contributed by atoms with Crippen molar-refractivity contribution in [2.45, 2.75) is 18.2 Å². The van der Waals surface area contributed by atoms with Crippen molar-refractivity contribution in [3.05, 3.63) is 66.4 Å². The molecular formula is C21H22N2O2S. The van der Waals surface area contributed by atoms with Gasteiger partial charge in [-0.3, -0.25) is 4.79 Å². The largest absolute Gasteiger partial charge is 0.494 e. The summed E-state index contributed by atoms with van der Waals surface area (Å²) >= 11 is 1.46. The highest BCUT2D eigenvalue weighted by Crippen LogP contribution is 2.28. The Hall–Kier alpha value is -2.24. The summed E-state index contributed by atoms with van der Waals surface area (Å²) < 4.78 is 1.92. The molecule has 134 valence electrons. The van der Waals surface area contributed by atoms with E-state index in [2.05, 4.69) is 4.90 Å². The molecule has 1 fully saturated rings. The fraction of sp³-hybridized carbons (Fsp3) is 0.286. The van der Waals surface area contributed by atoms with Gasteiger partial charge in [0.05, 0.1) is 0 Å². The van der Waals surface area contributed by atoms with E-state index in [1.165, 1.54) is 11.8 Å². The van der Waals surface area contributed by atoms with Gasteiger partial charge in [0.15, 0.2) is 5.88 Å². The first kappa shape index (κ1) is 17.2. The van der Waals surface area contributed by atoms with Gasteiger partial charge < -0.3 is 14.6 Å². The van der Waals surface area contributed by atoms with Gasteiger partial charge in [-0.1, -0.05) is 60.3 Å². The van der Waals surface area contributed by atoms with Crippen molar-refractivity contribution in [3.63, 3.8) is 0 Å². The van der Waals surface area contributed by atoms with Crippen LogP contribution < -0.4 is 0 Å². The highest BCUT2D eigenvalue weighted by atomic mass is 32.2. The van der Waals surface area contributed by atoms with Crippen LogP contribution in [0.15, 0.2) is 60.8 Å². The predicted molar refractivity (Wildman–Crippen MR) is 107 cm³/mol. The average Bonchev–Trinajstić information content (AvgIpc) is 3.25. The van der Waals surface area contributed by atoms with Crippen molar-refractivity contribution in [3.8, 4) is 5.88 Å². The van der Waals surface area contributed by atoms with E-state index < -0.39 is 0 Å². The van der Waals surface area contributed by atoms with Gasteiger partial charge in [0.25, 0.3) is 0 Å². The highest BCUT2D eigenvalue weighted by Gasteiger charge is 2.25. The summed E-state index contributed by atoms with van der Waals surface area (Å²) in [6.07, 6.45) is 3.04. The van der Waals surface area contributed by atoms with Crippen molar-refractivity contribution in [2.75, 3.05) is 19.6 Å². The molecule has 4 nitrogen and oxygen atoms in total. The van der Waals surface area contributed by atoms with Gasteiger partial charge in [-0.15, -0.1) is 0 Å². The minimum Gasteiger partial charge on any atom is -0.494 e. The van der Waals surface area contributed by atoms with E-state index in [-0.39, 0.29) is 5.12 Å². The van der Waals surface area contributed by atoms with Crippen LogP contribution in [0.4, 0.5) is 0 Å². The summed E-state index contributed by atoms with van der Waals surface area (Å²) in [5, 5.41) is 12.8. The molecule has 1 aliphatic heterocycles. The molecule has 26 heavy (non-hydrogen) atoms. The summed E-state index contributed by atoms with van der Waals surface area (Å²) in [5.74, 6) is 0.338. The van der Waals surface area contributed by atoms with E-state index in [4.69, 9.17) is 0 Å². The van der Waals surface area contributed by atoms with Crippen molar-refractivity contribution in [1.29, 1.82) is 0 Å². The molecule has 1 saturated heterocycles. The number of benzene rings is 2. The standard InChI is InChI=1S/C21H22N2O2S/c24-20-19-9-5-4-8-17(19)14-23(20)13-12-22-11-10-18(15-22)26-21(25)16-6-2-1-3-7-16/h1-9,14,18,24H,10-13,15H2/t18-/m0/s1. The fourth-order valence-electron chi connectivity index (χ4n) is 3.51. The Labute approximate surface area is 157 Å². The number of nitrogens with zero attached hydrogens (tertiary/aromatic N) is 2. The van der Waals surface area contributed by atoms with Crippen LogP contribution in [0.1, 0.15) is 16.8 Å². The molecule has 0 spiro atoms. The molecule has 0 radical (unpaired) electrons. The number of carbonyl (C=O) groups is 1. The van der Waals surface area contributed by atoms with Crippen LogP contribution in [0.5, 0.6) is 5.88 Å². The number of rotatable bonds is 5.